The first kappa shape index (κ1) is 19.0. The van der Waals surface area contributed by atoms with Crippen LogP contribution in [-0.2, 0) is 19.1 Å². The fourth-order valence-corrected chi connectivity index (χ4v) is 2.79. The van der Waals surface area contributed by atoms with Crippen LogP contribution in [0.15, 0.2) is 16.0 Å². The van der Waals surface area contributed by atoms with Crippen LogP contribution in [0.1, 0.15) is 33.7 Å². The SMILES string of the molecule is CCOC(=O)C(C)Sc1nc(=O)cc(N)n1C(C)C(=O)OCC. The molecule has 8 nitrogen and oxygen atoms in total. The Morgan fingerprint density at radius 3 is 2.39 bits per heavy atom. The van der Waals surface area contributed by atoms with Gasteiger partial charge in [-0.3, -0.25) is 14.2 Å². The zero-order chi connectivity index (χ0) is 17.6. The molecule has 1 aromatic heterocycles. The molecule has 0 bridgehead atoms. The monoisotopic (exact) mass is 343 g/mol. The summed E-state index contributed by atoms with van der Waals surface area (Å²) in [5.74, 6) is -0.871. The first-order valence-electron chi connectivity index (χ1n) is 7.20. The summed E-state index contributed by atoms with van der Waals surface area (Å²) in [7, 11) is 0. The van der Waals surface area contributed by atoms with E-state index >= 15 is 0 Å². The fraction of sp³-hybridized carbons (Fsp3) is 0.571. The Bertz CT molecular complexity index is 631. The van der Waals surface area contributed by atoms with Gasteiger partial charge < -0.3 is 15.2 Å². The van der Waals surface area contributed by atoms with Gasteiger partial charge >= 0.3 is 11.9 Å². The second-order valence-electron chi connectivity index (χ2n) is 4.61. The van der Waals surface area contributed by atoms with Gasteiger partial charge in [-0.1, -0.05) is 11.8 Å². The number of carbonyl (C=O) groups is 2. The molecule has 0 aliphatic rings. The number of hydrogen-bond donors (Lipinski definition) is 1. The molecule has 0 spiro atoms. The molecule has 0 saturated heterocycles. The molecular formula is C14H21N3O5S. The third kappa shape index (κ3) is 4.98. The molecule has 0 amide bonds. The van der Waals surface area contributed by atoms with Gasteiger partial charge in [0.25, 0.3) is 5.56 Å². The summed E-state index contributed by atoms with van der Waals surface area (Å²) >= 11 is 1.000. The number of rotatable bonds is 7. The maximum absolute atomic E-state index is 11.9. The molecule has 1 aromatic rings. The molecule has 0 aromatic carbocycles. The summed E-state index contributed by atoms with van der Waals surface area (Å²) in [6.45, 7) is 7.07. The lowest BCUT2D eigenvalue weighted by Gasteiger charge is -2.21. The number of anilines is 1. The van der Waals surface area contributed by atoms with Crippen LogP contribution in [0.5, 0.6) is 0 Å². The first-order valence-corrected chi connectivity index (χ1v) is 8.08. The Labute approximate surface area is 138 Å². The Hall–Kier alpha value is -2.03. The summed E-state index contributed by atoms with van der Waals surface area (Å²) in [6.07, 6.45) is 0. The zero-order valence-electron chi connectivity index (χ0n) is 13.6. The van der Waals surface area contributed by atoms with Crippen LogP contribution in [0.25, 0.3) is 0 Å². The van der Waals surface area contributed by atoms with Crippen LogP contribution in [0.3, 0.4) is 0 Å². The predicted octanol–water partition coefficient (Wildman–Crippen LogP) is 0.993. The van der Waals surface area contributed by atoms with E-state index in [9.17, 15) is 14.4 Å². The molecule has 1 rings (SSSR count). The summed E-state index contributed by atoms with van der Waals surface area (Å²) in [4.78, 5) is 39.2. The Balaban J connectivity index is 3.18. The highest BCUT2D eigenvalue weighted by Gasteiger charge is 2.25. The van der Waals surface area contributed by atoms with E-state index in [1.54, 1.807) is 27.7 Å². The quantitative estimate of drug-likeness (QED) is 0.443. The molecule has 128 valence electrons. The Morgan fingerprint density at radius 1 is 1.26 bits per heavy atom. The van der Waals surface area contributed by atoms with Gasteiger partial charge in [-0.05, 0) is 27.7 Å². The van der Waals surface area contributed by atoms with Gasteiger partial charge in [-0.15, -0.1) is 0 Å². The maximum atomic E-state index is 11.9. The van der Waals surface area contributed by atoms with Crippen molar-refractivity contribution in [1.29, 1.82) is 0 Å². The standard InChI is InChI=1S/C14H21N3O5S/c1-5-21-12(19)8(3)17-10(15)7-11(18)16-14(17)23-9(4)13(20)22-6-2/h7-9H,5-6,15H2,1-4H3. The van der Waals surface area contributed by atoms with Crippen molar-refractivity contribution < 1.29 is 19.1 Å². The smallest absolute Gasteiger partial charge is 0.328 e. The molecule has 0 fully saturated rings. The first-order chi connectivity index (χ1) is 10.8. The van der Waals surface area contributed by atoms with E-state index < -0.39 is 28.8 Å². The average Bonchev–Trinajstić information content (AvgIpc) is 2.46. The Morgan fingerprint density at radius 2 is 1.83 bits per heavy atom. The highest BCUT2D eigenvalue weighted by molar-refractivity contribution is 8.00. The van der Waals surface area contributed by atoms with Crippen molar-refractivity contribution in [1.82, 2.24) is 9.55 Å². The van der Waals surface area contributed by atoms with Crippen LogP contribution in [0.4, 0.5) is 5.82 Å². The molecule has 9 heteroatoms. The lowest BCUT2D eigenvalue weighted by molar-refractivity contribution is -0.146. The maximum Gasteiger partial charge on any atom is 0.328 e. The average molecular weight is 343 g/mol. The topological polar surface area (TPSA) is 114 Å². The number of esters is 2. The van der Waals surface area contributed by atoms with E-state index in [1.165, 1.54) is 4.57 Å². The third-order valence-corrected chi connectivity index (χ3v) is 3.92. The van der Waals surface area contributed by atoms with Crippen molar-refractivity contribution in [3.05, 3.63) is 16.4 Å². The van der Waals surface area contributed by atoms with E-state index in [0.717, 1.165) is 17.8 Å². The number of thioether (sulfide) groups is 1. The number of carbonyl (C=O) groups excluding carboxylic acids is 2. The summed E-state index contributed by atoms with van der Waals surface area (Å²) in [5, 5.41) is -0.444. The molecule has 2 unspecified atom stereocenters. The minimum atomic E-state index is -0.778. The van der Waals surface area contributed by atoms with E-state index in [4.69, 9.17) is 15.2 Å². The molecule has 2 N–H and O–H groups in total. The Kier molecular flexibility index (Phi) is 7.08. The number of nitrogens with two attached hydrogens (primary N) is 1. The second kappa shape index (κ2) is 8.56. The molecule has 23 heavy (non-hydrogen) atoms. The van der Waals surface area contributed by atoms with E-state index in [2.05, 4.69) is 4.98 Å². The van der Waals surface area contributed by atoms with Crippen molar-refractivity contribution >= 4 is 29.5 Å². The van der Waals surface area contributed by atoms with Crippen LogP contribution in [0, 0.1) is 0 Å². The molecule has 0 aliphatic carbocycles. The van der Waals surface area contributed by atoms with Gasteiger partial charge in [0, 0.05) is 6.07 Å². The van der Waals surface area contributed by atoms with Crippen molar-refractivity contribution in [2.75, 3.05) is 18.9 Å². The summed E-state index contributed by atoms with van der Waals surface area (Å²) < 4.78 is 11.3. The zero-order valence-corrected chi connectivity index (χ0v) is 14.4. The normalized spacial score (nSPS) is 13.2. The number of aromatic nitrogens is 2. The molecule has 0 aliphatic heterocycles. The molecular weight excluding hydrogens is 322 g/mol. The number of nitrogens with zero attached hydrogens (tertiary/aromatic N) is 2. The molecule has 0 saturated carbocycles. The second-order valence-corrected chi connectivity index (χ2v) is 5.92. The number of nitrogen functional groups attached to an aromatic ring is 1. The highest BCUT2D eigenvalue weighted by Crippen LogP contribution is 2.26. The van der Waals surface area contributed by atoms with Crippen molar-refractivity contribution in [3.8, 4) is 0 Å². The van der Waals surface area contributed by atoms with E-state index in [1.807, 2.05) is 0 Å². The van der Waals surface area contributed by atoms with Gasteiger partial charge in [-0.2, -0.15) is 4.98 Å². The molecule has 1 heterocycles. The van der Waals surface area contributed by atoms with Crippen molar-refractivity contribution in [3.63, 3.8) is 0 Å². The van der Waals surface area contributed by atoms with E-state index in [0.29, 0.717) is 0 Å². The van der Waals surface area contributed by atoms with Crippen molar-refractivity contribution in [2.45, 2.75) is 44.1 Å². The summed E-state index contributed by atoms with van der Waals surface area (Å²) in [6, 6.07) is 0.342. The van der Waals surface area contributed by atoms with Crippen molar-refractivity contribution in [2.24, 2.45) is 0 Å². The molecule has 2 atom stereocenters. The lowest BCUT2D eigenvalue weighted by atomic mass is 10.3. The lowest BCUT2D eigenvalue weighted by Crippen LogP contribution is -2.27. The predicted molar refractivity (Wildman–Crippen MR) is 86.2 cm³/mol. The van der Waals surface area contributed by atoms with Gasteiger partial charge in [0.15, 0.2) is 5.16 Å². The summed E-state index contributed by atoms with van der Waals surface area (Å²) in [5.41, 5.74) is 5.31. The third-order valence-electron chi connectivity index (χ3n) is 2.88. The highest BCUT2D eigenvalue weighted by atomic mass is 32.2. The van der Waals surface area contributed by atoms with Crippen LogP contribution in [0.2, 0.25) is 0 Å². The van der Waals surface area contributed by atoms with Gasteiger partial charge in [0.05, 0.1) is 13.2 Å². The van der Waals surface area contributed by atoms with Gasteiger partial charge in [0.2, 0.25) is 0 Å². The largest absolute Gasteiger partial charge is 0.465 e. The number of hydrogen-bond acceptors (Lipinski definition) is 8. The van der Waals surface area contributed by atoms with Gasteiger partial charge in [-0.25, -0.2) is 4.79 Å². The van der Waals surface area contributed by atoms with Crippen LogP contribution >= 0.6 is 11.8 Å². The van der Waals surface area contributed by atoms with Crippen LogP contribution < -0.4 is 11.3 Å². The number of ether oxygens (including phenoxy) is 2. The molecule has 0 radical (unpaired) electrons. The fourth-order valence-electron chi connectivity index (χ4n) is 1.79. The van der Waals surface area contributed by atoms with E-state index in [-0.39, 0.29) is 24.2 Å². The van der Waals surface area contributed by atoms with Crippen LogP contribution in [-0.4, -0.2) is 40.0 Å². The minimum absolute atomic E-state index is 0.0733. The van der Waals surface area contributed by atoms with Gasteiger partial charge in [0.1, 0.15) is 17.1 Å². The minimum Gasteiger partial charge on any atom is -0.465 e.